The van der Waals surface area contributed by atoms with Crippen molar-refractivity contribution in [1.82, 2.24) is 16.0 Å². The maximum Gasteiger partial charge on any atom is 0.239 e. The lowest BCUT2D eigenvalue weighted by Gasteiger charge is -2.17. The zero-order valence-corrected chi connectivity index (χ0v) is 13.6. The topological polar surface area (TPSA) is 65.5 Å². The lowest BCUT2D eigenvalue weighted by Crippen LogP contribution is -2.46. The molecule has 0 rings (SSSR count). The Morgan fingerprint density at radius 1 is 1.10 bits per heavy atom. The second kappa shape index (κ2) is 12.8. The van der Waals surface area contributed by atoms with Crippen LogP contribution in [-0.4, -0.2) is 38.0 Å². The molecule has 0 fully saturated rings. The van der Waals surface area contributed by atoms with E-state index < -0.39 is 0 Å². The van der Waals surface area contributed by atoms with Crippen LogP contribution < -0.4 is 16.0 Å². The van der Waals surface area contributed by atoms with Gasteiger partial charge in [-0.05, 0) is 19.8 Å². The number of hydrogen-bond acceptors (Lipinski definition) is 2. The van der Waals surface area contributed by atoms with Crippen molar-refractivity contribution in [3.8, 4) is 0 Å². The van der Waals surface area contributed by atoms with Gasteiger partial charge in [-0.3, -0.25) is 9.79 Å². The van der Waals surface area contributed by atoms with E-state index in [1.54, 1.807) is 7.05 Å². The van der Waals surface area contributed by atoms with E-state index in [0.717, 1.165) is 19.4 Å². The van der Waals surface area contributed by atoms with Gasteiger partial charge in [-0.2, -0.15) is 0 Å². The average molecular weight is 284 g/mol. The van der Waals surface area contributed by atoms with Gasteiger partial charge in [0.15, 0.2) is 5.96 Å². The molecule has 0 bridgehead atoms. The number of rotatable bonds is 10. The first-order valence-electron chi connectivity index (χ1n) is 7.87. The highest BCUT2D eigenvalue weighted by Gasteiger charge is 2.06. The Kier molecular flexibility index (Phi) is 12.0. The van der Waals surface area contributed by atoms with Crippen LogP contribution in [0.5, 0.6) is 0 Å². The number of carbonyl (C=O) groups is 1. The Morgan fingerprint density at radius 2 is 1.85 bits per heavy atom. The molecule has 5 heteroatoms. The molecule has 0 spiro atoms. The third-order valence-corrected chi connectivity index (χ3v) is 3.09. The molecule has 3 N–H and O–H groups in total. The van der Waals surface area contributed by atoms with Gasteiger partial charge in [0.05, 0.1) is 6.54 Å². The largest absolute Gasteiger partial charge is 0.355 e. The van der Waals surface area contributed by atoms with Gasteiger partial charge < -0.3 is 16.0 Å². The fraction of sp³-hybridized carbons (Fsp3) is 0.867. The predicted molar refractivity (Wildman–Crippen MR) is 86.0 cm³/mol. The van der Waals surface area contributed by atoms with Gasteiger partial charge in [0.1, 0.15) is 0 Å². The Bertz CT molecular complexity index is 279. The normalized spacial score (nSPS) is 12.9. The van der Waals surface area contributed by atoms with Crippen LogP contribution in [0, 0.1) is 0 Å². The molecule has 0 aromatic rings. The zero-order valence-electron chi connectivity index (χ0n) is 13.6. The Morgan fingerprint density at radius 3 is 2.45 bits per heavy atom. The second-order valence-electron chi connectivity index (χ2n) is 5.17. The van der Waals surface area contributed by atoms with Gasteiger partial charge >= 0.3 is 0 Å². The van der Waals surface area contributed by atoms with E-state index in [1.807, 2.05) is 6.92 Å². The van der Waals surface area contributed by atoms with Crippen molar-refractivity contribution in [1.29, 1.82) is 0 Å². The summed E-state index contributed by atoms with van der Waals surface area (Å²) in [5.41, 5.74) is 0. The van der Waals surface area contributed by atoms with E-state index in [2.05, 4.69) is 34.8 Å². The van der Waals surface area contributed by atoms with Gasteiger partial charge in [0.2, 0.25) is 5.91 Å². The van der Waals surface area contributed by atoms with Crippen LogP contribution in [0.25, 0.3) is 0 Å². The van der Waals surface area contributed by atoms with Crippen molar-refractivity contribution in [2.75, 3.05) is 20.1 Å². The highest BCUT2D eigenvalue weighted by Crippen LogP contribution is 2.04. The molecule has 1 unspecified atom stereocenters. The molecular weight excluding hydrogens is 252 g/mol. The Labute approximate surface area is 124 Å². The van der Waals surface area contributed by atoms with Crippen molar-refractivity contribution in [3.63, 3.8) is 0 Å². The van der Waals surface area contributed by atoms with Gasteiger partial charge in [-0.1, -0.05) is 39.5 Å². The van der Waals surface area contributed by atoms with Gasteiger partial charge in [0.25, 0.3) is 0 Å². The molecular formula is C15H32N4O. The average Bonchev–Trinajstić information content (AvgIpc) is 2.45. The fourth-order valence-corrected chi connectivity index (χ4v) is 1.87. The summed E-state index contributed by atoms with van der Waals surface area (Å²) in [5, 5.41) is 9.18. The molecule has 0 radical (unpaired) electrons. The van der Waals surface area contributed by atoms with Crippen molar-refractivity contribution in [2.45, 2.75) is 65.3 Å². The summed E-state index contributed by atoms with van der Waals surface area (Å²) in [7, 11) is 1.73. The van der Waals surface area contributed by atoms with Gasteiger partial charge in [0, 0.05) is 19.6 Å². The second-order valence-corrected chi connectivity index (χ2v) is 5.17. The monoisotopic (exact) mass is 284 g/mol. The molecule has 118 valence electrons. The molecule has 0 aliphatic heterocycles. The van der Waals surface area contributed by atoms with E-state index in [1.165, 1.54) is 25.7 Å². The minimum Gasteiger partial charge on any atom is -0.355 e. The molecule has 0 aromatic heterocycles. The summed E-state index contributed by atoms with van der Waals surface area (Å²) >= 11 is 0. The highest BCUT2D eigenvalue weighted by atomic mass is 16.1. The van der Waals surface area contributed by atoms with Crippen LogP contribution in [0.3, 0.4) is 0 Å². The number of unbranched alkanes of at least 4 members (excludes halogenated alkanes) is 3. The minimum atomic E-state index is 0.00500. The Balaban J connectivity index is 3.82. The molecule has 5 nitrogen and oxygen atoms in total. The summed E-state index contributed by atoms with van der Waals surface area (Å²) in [6.45, 7) is 7.39. The van der Waals surface area contributed by atoms with Gasteiger partial charge in [-0.15, -0.1) is 0 Å². The number of amides is 1. The van der Waals surface area contributed by atoms with Crippen LogP contribution in [0.4, 0.5) is 0 Å². The molecule has 0 aromatic carbocycles. The summed E-state index contributed by atoms with van der Waals surface area (Å²) in [6.07, 6.45) is 7.16. The summed E-state index contributed by atoms with van der Waals surface area (Å²) < 4.78 is 0. The summed E-state index contributed by atoms with van der Waals surface area (Å²) in [6, 6.07) is 0.372. The molecule has 0 saturated heterocycles. The van der Waals surface area contributed by atoms with Crippen molar-refractivity contribution < 1.29 is 4.79 Å². The Hall–Kier alpha value is -1.26. The standard InChI is InChI=1S/C15H32N4O/c1-5-7-8-9-10-13(3)19-15(16-4)18-12-14(20)17-11-6-2/h13H,5-12H2,1-4H3,(H,17,20)(H2,16,18,19). The number of nitrogens with zero attached hydrogens (tertiary/aromatic N) is 1. The maximum absolute atomic E-state index is 11.5. The lowest BCUT2D eigenvalue weighted by molar-refractivity contribution is -0.120. The third kappa shape index (κ3) is 10.6. The van der Waals surface area contributed by atoms with E-state index >= 15 is 0 Å². The molecule has 0 saturated carbocycles. The number of nitrogens with one attached hydrogen (secondary N) is 3. The van der Waals surface area contributed by atoms with Crippen molar-refractivity contribution in [2.24, 2.45) is 4.99 Å². The van der Waals surface area contributed by atoms with Crippen LogP contribution >= 0.6 is 0 Å². The summed E-state index contributed by atoms with van der Waals surface area (Å²) in [5.74, 6) is 0.699. The lowest BCUT2D eigenvalue weighted by atomic mass is 10.1. The fourth-order valence-electron chi connectivity index (χ4n) is 1.87. The van der Waals surface area contributed by atoms with E-state index in [-0.39, 0.29) is 12.5 Å². The van der Waals surface area contributed by atoms with E-state index in [4.69, 9.17) is 0 Å². The van der Waals surface area contributed by atoms with Crippen LogP contribution in [0.1, 0.15) is 59.3 Å². The van der Waals surface area contributed by atoms with E-state index in [9.17, 15) is 4.79 Å². The van der Waals surface area contributed by atoms with Crippen molar-refractivity contribution in [3.05, 3.63) is 0 Å². The molecule has 1 amide bonds. The van der Waals surface area contributed by atoms with Crippen LogP contribution in [0.15, 0.2) is 4.99 Å². The number of hydrogen-bond donors (Lipinski definition) is 3. The first-order chi connectivity index (χ1) is 9.63. The predicted octanol–water partition coefficient (Wildman–Crippen LogP) is 2.04. The number of carbonyl (C=O) groups excluding carboxylic acids is 1. The van der Waals surface area contributed by atoms with Crippen molar-refractivity contribution >= 4 is 11.9 Å². The quantitative estimate of drug-likeness (QED) is 0.327. The molecule has 1 atom stereocenters. The number of guanidine groups is 1. The highest BCUT2D eigenvalue weighted by molar-refractivity contribution is 5.86. The zero-order chi connectivity index (χ0) is 15.2. The third-order valence-electron chi connectivity index (χ3n) is 3.09. The maximum atomic E-state index is 11.5. The molecule has 0 aliphatic rings. The van der Waals surface area contributed by atoms with Gasteiger partial charge in [-0.25, -0.2) is 0 Å². The minimum absolute atomic E-state index is 0.00500. The molecule has 20 heavy (non-hydrogen) atoms. The SMILES string of the molecule is CCCCCCC(C)NC(=NC)NCC(=O)NCCC. The van der Waals surface area contributed by atoms with E-state index in [0.29, 0.717) is 12.0 Å². The number of aliphatic imine (C=N–C) groups is 1. The van der Waals surface area contributed by atoms with Crippen LogP contribution in [0.2, 0.25) is 0 Å². The van der Waals surface area contributed by atoms with Crippen LogP contribution in [-0.2, 0) is 4.79 Å². The first kappa shape index (κ1) is 18.7. The molecule has 0 heterocycles. The molecule has 0 aliphatic carbocycles. The smallest absolute Gasteiger partial charge is 0.239 e. The first-order valence-corrected chi connectivity index (χ1v) is 7.87. The summed E-state index contributed by atoms with van der Waals surface area (Å²) in [4.78, 5) is 15.6.